The molecule has 0 saturated heterocycles. The predicted octanol–water partition coefficient (Wildman–Crippen LogP) is 10.2. The molecule has 1 atom stereocenters. The normalized spacial score (nSPS) is 16.2. The van der Waals surface area contributed by atoms with Gasteiger partial charge in [-0.1, -0.05) is 114 Å². The summed E-state index contributed by atoms with van der Waals surface area (Å²) in [5.41, 5.74) is 3.30. The second kappa shape index (κ2) is 9.05. The Labute approximate surface area is 265 Å². The standard InChI is InChI=1S/C41H25O2PS/c1-24-14-19-35-38(22-24)44(45)40-28-9-3-2-8-25(28)16-20-36(40)43-39-27(18-21-37(42-35)41(39)44)26-15-17-33-31-12-5-4-10-29(31)30-11-6-7-13-32(30)34(33)23-26/h2-23H,1H3. The molecule has 4 heteroatoms. The van der Waals surface area contributed by atoms with E-state index in [4.69, 9.17) is 21.3 Å². The Kier molecular flexibility index (Phi) is 5.10. The molecule has 8 aromatic rings. The predicted molar refractivity (Wildman–Crippen MR) is 193 cm³/mol. The number of benzene rings is 8. The number of hydrogen-bond donors (Lipinski definition) is 0. The van der Waals surface area contributed by atoms with Gasteiger partial charge in [0, 0.05) is 16.2 Å². The van der Waals surface area contributed by atoms with E-state index in [0.29, 0.717) is 0 Å². The van der Waals surface area contributed by atoms with Crippen molar-refractivity contribution < 1.29 is 9.47 Å². The second-order valence-corrected chi connectivity index (χ2v) is 16.3. The number of ether oxygens (including phenoxy) is 2. The molecule has 0 aromatic heterocycles. The Balaban J connectivity index is 1.30. The van der Waals surface area contributed by atoms with Gasteiger partial charge in [0.25, 0.3) is 0 Å². The van der Waals surface area contributed by atoms with E-state index in [0.717, 1.165) is 55.4 Å². The summed E-state index contributed by atoms with van der Waals surface area (Å²) in [6, 6.07) is 45.1. The van der Waals surface area contributed by atoms with Crippen LogP contribution in [-0.2, 0) is 11.8 Å². The van der Waals surface area contributed by atoms with Crippen molar-refractivity contribution in [3.63, 3.8) is 0 Å². The van der Waals surface area contributed by atoms with Crippen LogP contribution in [0.4, 0.5) is 0 Å². The first kappa shape index (κ1) is 25.4. The van der Waals surface area contributed by atoms with Gasteiger partial charge in [0.1, 0.15) is 23.0 Å². The Bertz CT molecular complexity index is 2620. The van der Waals surface area contributed by atoms with Crippen LogP contribution in [0.15, 0.2) is 133 Å². The fourth-order valence-corrected chi connectivity index (χ4v) is 12.4. The zero-order chi connectivity index (χ0) is 29.9. The molecule has 0 N–H and O–H groups in total. The highest BCUT2D eigenvalue weighted by molar-refractivity contribution is 8.26. The van der Waals surface area contributed by atoms with Crippen molar-refractivity contribution in [3.05, 3.63) is 139 Å². The molecule has 2 nitrogen and oxygen atoms in total. The highest BCUT2D eigenvalue weighted by Crippen LogP contribution is 2.61. The third kappa shape index (κ3) is 3.37. The maximum Gasteiger partial charge on any atom is 0.148 e. The number of rotatable bonds is 1. The van der Waals surface area contributed by atoms with Crippen molar-refractivity contribution in [2.24, 2.45) is 0 Å². The lowest BCUT2D eigenvalue weighted by Crippen LogP contribution is -2.35. The van der Waals surface area contributed by atoms with Crippen molar-refractivity contribution in [1.82, 2.24) is 0 Å². The van der Waals surface area contributed by atoms with Gasteiger partial charge in [-0.25, -0.2) is 0 Å². The molecule has 45 heavy (non-hydrogen) atoms. The van der Waals surface area contributed by atoms with Crippen molar-refractivity contribution in [2.45, 2.75) is 6.92 Å². The molecule has 10 rings (SSSR count). The average Bonchev–Trinajstić information content (AvgIpc) is 3.08. The van der Waals surface area contributed by atoms with Gasteiger partial charge in [-0.3, -0.25) is 0 Å². The molecular formula is C41H25O2PS. The van der Waals surface area contributed by atoms with Crippen LogP contribution in [0.2, 0.25) is 0 Å². The van der Waals surface area contributed by atoms with Crippen molar-refractivity contribution in [3.8, 4) is 34.1 Å². The van der Waals surface area contributed by atoms with Gasteiger partial charge >= 0.3 is 0 Å². The van der Waals surface area contributed by atoms with Gasteiger partial charge in [0.2, 0.25) is 0 Å². The van der Waals surface area contributed by atoms with E-state index in [9.17, 15) is 0 Å². The zero-order valence-corrected chi connectivity index (χ0v) is 26.1. The molecule has 2 aliphatic heterocycles. The molecule has 8 aromatic carbocycles. The maximum absolute atomic E-state index is 7.00. The molecule has 0 radical (unpaired) electrons. The summed E-state index contributed by atoms with van der Waals surface area (Å²) in [4.78, 5) is 0. The molecule has 2 aliphatic rings. The molecule has 0 spiro atoms. The first-order valence-electron chi connectivity index (χ1n) is 15.2. The summed E-state index contributed by atoms with van der Waals surface area (Å²) in [6.45, 7) is 2.13. The van der Waals surface area contributed by atoms with E-state index in [1.807, 2.05) is 0 Å². The van der Waals surface area contributed by atoms with E-state index in [1.165, 1.54) is 43.3 Å². The van der Waals surface area contributed by atoms with Gasteiger partial charge in [-0.2, -0.15) is 0 Å². The quantitative estimate of drug-likeness (QED) is 0.136. The minimum absolute atomic E-state index is 0.796. The van der Waals surface area contributed by atoms with Gasteiger partial charge < -0.3 is 9.47 Å². The summed E-state index contributed by atoms with van der Waals surface area (Å²) in [5, 5.41) is 13.1. The Morgan fingerprint density at radius 2 is 1.09 bits per heavy atom. The fourth-order valence-electron chi connectivity index (χ4n) is 7.52. The molecule has 0 aliphatic carbocycles. The Morgan fingerprint density at radius 1 is 0.489 bits per heavy atom. The molecule has 212 valence electrons. The minimum atomic E-state index is -2.57. The lowest BCUT2D eigenvalue weighted by molar-refractivity contribution is 0.468. The second-order valence-electron chi connectivity index (χ2n) is 12.1. The number of fused-ring (bicyclic) bond motifs is 12. The van der Waals surface area contributed by atoms with Crippen molar-refractivity contribution in [1.29, 1.82) is 0 Å². The van der Waals surface area contributed by atoms with Crippen LogP contribution in [0.3, 0.4) is 0 Å². The highest BCUT2D eigenvalue weighted by atomic mass is 32.4. The van der Waals surface area contributed by atoms with E-state index in [-0.39, 0.29) is 0 Å². The van der Waals surface area contributed by atoms with Gasteiger partial charge in [-0.05, 0) is 92.0 Å². The largest absolute Gasteiger partial charge is 0.456 e. The van der Waals surface area contributed by atoms with Crippen LogP contribution in [0.1, 0.15) is 5.56 Å². The monoisotopic (exact) mass is 612 g/mol. The van der Waals surface area contributed by atoms with Crippen LogP contribution < -0.4 is 25.4 Å². The third-order valence-corrected chi connectivity index (χ3v) is 14.4. The molecule has 0 fully saturated rings. The van der Waals surface area contributed by atoms with E-state index < -0.39 is 6.04 Å². The molecule has 0 bridgehead atoms. The molecule has 1 unspecified atom stereocenters. The highest BCUT2D eigenvalue weighted by Gasteiger charge is 2.44. The molecule has 2 heterocycles. The smallest absolute Gasteiger partial charge is 0.148 e. The summed E-state index contributed by atoms with van der Waals surface area (Å²) in [7, 11) is 0. The SMILES string of the molecule is Cc1ccc2c(c1)P1(=S)c3c(ccc(-c4ccc5c6ccccc6c6ccccc6c5c4)c3Oc3ccc4ccccc4c31)O2. The van der Waals surface area contributed by atoms with Gasteiger partial charge in [0.05, 0.1) is 11.3 Å². The summed E-state index contributed by atoms with van der Waals surface area (Å²) < 4.78 is 13.6. The summed E-state index contributed by atoms with van der Waals surface area (Å²) in [5.74, 6) is 3.30. The molecular weight excluding hydrogens is 587 g/mol. The lowest BCUT2D eigenvalue weighted by Gasteiger charge is -2.39. The molecule has 0 saturated carbocycles. The Hall–Kier alpha value is -4.95. The van der Waals surface area contributed by atoms with Gasteiger partial charge in [-0.15, -0.1) is 0 Å². The Morgan fingerprint density at radius 3 is 1.84 bits per heavy atom. The van der Waals surface area contributed by atoms with Crippen molar-refractivity contribution in [2.75, 3.05) is 0 Å². The van der Waals surface area contributed by atoms with Crippen LogP contribution in [0.25, 0.3) is 54.2 Å². The summed E-state index contributed by atoms with van der Waals surface area (Å²) >= 11 is 7.00. The van der Waals surface area contributed by atoms with E-state index in [2.05, 4.69) is 140 Å². The first-order valence-corrected chi connectivity index (χ1v) is 18.0. The maximum atomic E-state index is 7.00. The van der Waals surface area contributed by atoms with Gasteiger partial charge in [0.15, 0.2) is 0 Å². The molecule has 0 amide bonds. The average molecular weight is 613 g/mol. The van der Waals surface area contributed by atoms with E-state index >= 15 is 0 Å². The first-order chi connectivity index (χ1) is 22.1. The van der Waals surface area contributed by atoms with Crippen LogP contribution in [0.5, 0.6) is 23.0 Å². The third-order valence-electron chi connectivity index (χ3n) is 9.53. The number of aryl methyl sites for hydroxylation is 1. The minimum Gasteiger partial charge on any atom is -0.456 e. The fraction of sp³-hybridized carbons (Fsp3) is 0.0244. The van der Waals surface area contributed by atoms with Crippen LogP contribution in [0, 0.1) is 6.92 Å². The topological polar surface area (TPSA) is 18.5 Å². The number of hydrogen-bond acceptors (Lipinski definition) is 3. The lowest BCUT2D eigenvalue weighted by atomic mass is 9.92. The van der Waals surface area contributed by atoms with Crippen LogP contribution in [-0.4, -0.2) is 0 Å². The van der Waals surface area contributed by atoms with Crippen molar-refractivity contribution >= 4 is 76.8 Å². The van der Waals surface area contributed by atoms with E-state index in [1.54, 1.807) is 0 Å². The summed E-state index contributed by atoms with van der Waals surface area (Å²) in [6.07, 6.45) is 0. The van der Waals surface area contributed by atoms with Crippen LogP contribution >= 0.6 is 6.04 Å². The zero-order valence-electron chi connectivity index (χ0n) is 24.4.